The average molecular weight is 272 g/mol. The van der Waals surface area contributed by atoms with Gasteiger partial charge < -0.3 is 5.73 Å². The summed E-state index contributed by atoms with van der Waals surface area (Å²) in [5, 5.41) is 0. The second-order valence-corrected chi connectivity index (χ2v) is 6.65. The lowest BCUT2D eigenvalue weighted by Crippen LogP contribution is -2.52. The summed E-state index contributed by atoms with van der Waals surface area (Å²) < 4.78 is 0. The molecule has 2 N–H and O–H groups in total. The fraction of sp³-hybridized carbons (Fsp3) is 0.667. The zero-order chi connectivity index (χ0) is 14.1. The third-order valence-electron chi connectivity index (χ3n) is 5.47. The molecule has 2 aliphatic rings. The number of nitrogens with zero attached hydrogens (tertiary/aromatic N) is 1. The highest BCUT2D eigenvalue weighted by Gasteiger charge is 2.37. The zero-order valence-electron chi connectivity index (χ0n) is 12.9. The number of nitrogens with two attached hydrogens (primary N) is 1. The van der Waals surface area contributed by atoms with Crippen LogP contribution in [0, 0.1) is 0 Å². The van der Waals surface area contributed by atoms with E-state index in [9.17, 15) is 0 Å². The van der Waals surface area contributed by atoms with Gasteiger partial charge in [-0.3, -0.25) is 4.90 Å². The molecule has 0 amide bonds. The monoisotopic (exact) mass is 272 g/mol. The van der Waals surface area contributed by atoms with Gasteiger partial charge in [0.15, 0.2) is 0 Å². The Kier molecular flexibility index (Phi) is 4.13. The SMILES string of the molecule is CCC1CCCCN1C1CC(C)c2ccccc2C1N. The van der Waals surface area contributed by atoms with Crippen LogP contribution in [-0.2, 0) is 0 Å². The van der Waals surface area contributed by atoms with Gasteiger partial charge in [-0.2, -0.15) is 0 Å². The van der Waals surface area contributed by atoms with E-state index in [1.807, 2.05) is 0 Å². The van der Waals surface area contributed by atoms with E-state index in [1.165, 1.54) is 49.8 Å². The Bertz CT molecular complexity index is 456. The minimum atomic E-state index is 0.189. The molecule has 1 aromatic rings. The number of benzene rings is 1. The fourth-order valence-electron chi connectivity index (χ4n) is 4.35. The normalized spacial score (nSPS) is 34.8. The van der Waals surface area contributed by atoms with Crippen LogP contribution >= 0.6 is 0 Å². The Morgan fingerprint density at radius 3 is 2.70 bits per heavy atom. The molecule has 1 aromatic carbocycles. The Hall–Kier alpha value is -0.860. The molecule has 1 heterocycles. The second-order valence-electron chi connectivity index (χ2n) is 6.65. The summed E-state index contributed by atoms with van der Waals surface area (Å²) in [6.07, 6.45) is 6.57. The first-order valence-electron chi connectivity index (χ1n) is 8.32. The Balaban J connectivity index is 1.88. The van der Waals surface area contributed by atoms with Gasteiger partial charge in [0, 0.05) is 18.1 Å². The lowest BCUT2D eigenvalue weighted by molar-refractivity contribution is 0.0641. The van der Waals surface area contributed by atoms with E-state index >= 15 is 0 Å². The topological polar surface area (TPSA) is 29.3 Å². The van der Waals surface area contributed by atoms with Crippen molar-refractivity contribution in [2.45, 2.75) is 70.0 Å². The van der Waals surface area contributed by atoms with E-state index < -0.39 is 0 Å². The van der Waals surface area contributed by atoms with Gasteiger partial charge in [0.1, 0.15) is 0 Å². The van der Waals surface area contributed by atoms with Gasteiger partial charge in [0.25, 0.3) is 0 Å². The number of rotatable bonds is 2. The molecule has 20 heavy (non-hydrogen) atoms. The molecule has 1 aliphatic heterocycles. The zero-order valence-corrected chi connectivity index (χ0v) is 12.9. The predicted molar refractivity (Wildman–Crippen MR) is 84.8 cm³/mol. The summed E-state index contributed by atoms with van der Waals surface area (Å²) in [4.78, 5) is 2.74. The summed E-state index contributed by atoms with van der Waals surface area (Å²) >= 11 is 0. The summed E-state index contributed by atoms with van der Waals surface area (Å²) in [5.74, 6) is 0.635. The first-order valence-corrected chi connectivity index (χ1v) is 8.32. The van der Waals surface area contributed by atoms with Crippen molar-refractivity contribution in [3.63, 3.8) is 0 Å². The summed E-state index contributed by atoms with van der Waals surface area (Å²) in [5.41, 5.74) is 9.52. The number of hydrogen-bond acceptors (Lipinski definition) is 2. The number of likely N-dealkylation sites (tertiary alicyclic amines) is 1. The second kappa shape index (κ2) is 5.87. The highest BCUT2D eigenvalue weighted by atomic mass is 15.2. The third-order valence-corrected chi connectivity index (χ3v) is 5.47. The van der Waals surface area contributed by atoms with Crippen molar-refractivity contribution in [2.24, 2.45) is 5.73 Å². The molecule has 0 bridgehead atoms. The maximum atomic E-state index is 6.66. The lowest BCUT2D eigenvalue weighted by atomic mass is 9.76. The minimum absolute atomic E-state index is 0.189. The lowest BCUT2D eigenvalue weighted by Gasteiger charge is -2.47. The van der Waals surface area contributed by atoms with Crippen molar-refractivity contribution >= 4 is 0 Å². The average Bonchev–Trinajstić information content (AvgIpc) is 2.51. The molecule has 0 radical (unpaired) electrons. The number of fused-ring (bicyclic) bond motifs is 1. The quantitative estimate of drug-likeness (QED) is 0.886. The first kappa shape index (κ1) is 14.1. The molecule has 0 aromatic heterocycles. The molecule has 110 valence electrons. The van der Waals surface area contributed by atoms with Gasteiger partial charge in [-0.05, 0) is 49.3 Å². The summed E-state index contributed by atoms with van der Waals surface area (Å²) in [6.45, 7) is 5.93. The molecule has 4 unspecified atom stereocenters. The van der Waals surface area contributed by atoms with Crippen molar-refractivity contribution in [2.75, 3.05) is 6.54 Å². The van der Waals surface area contributed by atoms with Gasteiger partial charge in [-0.1, -0.05) is 44.5 Å². The maximum absolute atomic E-state index is 6.66. The van der Waals surface area contributed by atoms with Gasteiger partial charge in [0.2, 0.25) is 0 Å². The fourth-order valence-corrected chi connectivity index (χ4v) is 4.35. The third kappa shape index (κ3) is 2.40. The molecule has 0 spiro atoms. The molecule has 4 atom stereocenters. The Morgan fingerprint density at radius 2 is 1.95 bits per heavy atom. The van der Waals surface area contributed by atoms with Crippen molar-refractivity contribution in [1.82, 2.24) is 4.90 Å². The van der Waals surface area contributed by atoms with Gasteiger partial charge >= 0.3 is 0 Å². The van der Waals surface area contributed by atoms with Crippen molar-refractivity contribution in [3.05, 3.63) is 35.4 Å². The van der Waals surface area contributed by atoms with Crippen LogP contribution in [0.2, 0.25) is 0 Å². The van der Waals surface area contributed by atoms with Gasteiger partial charge in [-0.25, -0.2) is 0 Å². The molecule has 2 heteroatoms. The molecular weight excluding hydrogens is 244 g/mol. The van der Waals surface area contributed by atoms with E-state index in [0.717, 1.165) is 6.04 Å². The minimum Gasteiger partial charge on any atom is -0.323 e. The van der Waals surface area contributed by atoms with Crippen molar-refractivity contribution < 1.29 is 0 Å². The van der Waals surface area contributed by atoms with Crippen LogP contribution in [0.25, 0.3) is 0 Å². The predicted octanol–water partition coefficient (Wildman–Crippen LogP) is 3.83. The van der Waals surface area contributed by atoms with Crippen LogP contribution < -0.4 is 5.73 Å². The maximum Gasteiger partial charge on any atom is 0.0456 e. The summed E-state index contributed by atoms with van der Waals surface area (Å²) in [6, 6.07) is 10.3. The summed E-state index contributed by atoms with van der Waals surface area (Å²) in [7, 11) is 0. The molecular formula is C18H28N2. The first-order chi connectivity index (χ1) is 9.72. The van der Waals surface area contributed by atoms with E-state index in [4.69, 9.17) is 5.73 Å². The van der Waals surface area contributed by atoms with E-state index in [1.54, 1.807) is 0 Å². The Labute approximate surface area is 123 Å². The molecule has 1 aliphatic carbocycles. The highest BCUT2D eigenvalue weighted by Crippen LogP contribution is 2.40. The standard InChI is InChI=1S/C18H28N2/c1-3-14-8-6-7-11-20(14)17-12-13(2)15-9-4-5-10-16(15)18(17)19/h4-5,9-10,13-14,17-18H,3,6-8,11-12,19H2,1-2H3. The van der Waals surface area contributed by atoms with E-state index in [0.29, 0.717) is 12.0 Å². The van der Waals surface area contributed by atoms with Crippen LogP contribution in [0.15, 0.2) is 24.3 Å². The Morgan fingerprint density at radius 1 is 1.20 bits per heavy atom. The van der Waals surface area contributed by atoms with E-state index in [-0.39, 0.29) is 6.04 Å². The van der Waals surface area contributed by atoms with Crippen molar-refractivity contribution in [1.29, 1.82) is 0 Å². The van der Waals surface area contributed by atoms with Crippen LogP contribution in [0.1, 0.15) is 69.0 Å². The molecule has 2 nitrogen and oxygen atoms in total. The van der Waals surface area contributed by atoms with Gasteiger partial charge in [-0.15, -0.1) is 0 Å². The molecule has 0 saturated carbocycles. The van der Waals surface area contributed by atoms with Crippen LogP contribution in [0.5, 0.6) is 0 Å². The van der Waals surface area contributed by atoms with Crippen molar-refractivity contribution in [3.8, 4) is 0 Å². The molecule has 1 fully saturated rings. The van der Waals surface area contributed by atoms with Crippen LogP contribution in [-0.4, -0.2) is 23.5 Å². The number of hydrogen-bond donors (Lipinski definition) is 1. The smallest absolute Gasteiger partial charge is 0.0456 e. The number of piperidine rings is 1. The largest absolute Gasteiger partial charge is 0.323 e. The molecule has 3 rings (SSSR count). The highest BCUT2D eigenvalue weighted by molar-refractivity contribution is 5.36. The van der Waals surface area contributed by atoms with E-state index in [2.05, 4.69) is 43.0 Å². The van der Waals surface area contributed by atoms with Crippen LogP contribution in [0.3, 0.4) is 0 Å². The van der Waals surface area contributed by atoms with Gasteiger partial charge in [0.05, 0.1) is 0 Å². The van der Waals surface area contributed by atoms with Crippen LogP contribution in [0.4, 0.5) is 0 Å². The molecule has 1 saturated heterocycles.